The molecule has 0 aliphatic carbocycles. The lowest BCUT2D eigenvalue weighted by Gasteiger charge is -2.28. The van der Waals surface area contributed by atoms with E-state index in [1.165, 1.54) is 28.5 Å². The van der Waals surface area contributed by atoms with Gasteiger partial charge in [-0.1, -0.05) is 48.0 Å². The number of nitriles is 1. The molecule has 1 aliphatic heterocycles. The number of aliphatic hydroxyl groups excluding tert-OH is 1. The summed E-state index contributed by atoms with van der Waals surface area (Å²) in [5.74, 6) is 2.65. The van der Waals surface area contributed by atoms with Crippen molar-refractivity contribution in [3.8, 4) is 28.7 Å². The molecule has 0 saturated carbocycles. The van der Waals surface area contributed by atoms with Crippen molar-refractivity contribution in [2.75, 3.05) is 51.3 Å². The number of nitrogens with one attached hydrogen (secondary N) is 1. The van der Waals surface area contributed by atoms with Crippen molar-refractivity contribution in [1.82, 2.24) is 20.1 Å². The molecular weight excluding hydrogens is 726 g/mol. The summed E-state index contributed by atoms with van der Waals surface area (Å²) in [6.07, 6.45) is 3.19. The summed E-state index contributed by atoms with van der Waals surface area (Å²) in [6, 6.07) is 20.2. The average Bonchev–Trinajstić information content (AvgIpc) is 3.17. The predicted octanol–water partition coefficient (Wildman–Crippen LogP) is 5.72. The Morgan fingerprint density at radius 1 is 1.02 bits per heavy atom. The maximum Gasteiger partial charge on any atom is 0.290 e. The zero-order valence-corrected chi connectivity index (χ0v) is 33.0. The predicted molar refractivity (Wildman–Crippen MR) is 213 cm³/mol. The summed E-state index contributed by atoms with van der Waals surface area (Å²) in [5.41, 5.74) is 9.18. The van der Waals surface area contributed by atoms with Gasteiger partial charge >= 0.3 is 0 Å². The average molecular weight is 776 g/mol. The van der Waals surface area contributed by atoms with Gasteiger partial charge in [0.25, 0.3) is 6.47 Å². The van der Waals surface area contributed by atoms with E-state index in [0.717, 1.165) is 66.5 Å². The molecule has 3 aromatic carbocycles. The molecular formula is C41H50ClN5O6S. The van der Waals surface area contributed by atoms with Crippen LogP contribution in [0, 0.1) is 25.2 Å². The van der Waals surface area contributed by atoms with Crippen LogP contribution in [0.4, 0.5) is 0 Å². The maximum atomic E-state index is 11.7. The lowest BCUT2D eigenvalue weighted by molar-refractivity contribution is -0.122. The van der Waals surface area contributed by atoms with Gasteiger partial charge in [0.1, 0.15) is 30.8 Å². The Morgan fingerprint density at radius 3 is 2.33 bits per heavy atom. The van der Waals surface area contributed by atoms with Crippen LogP contribution < -0.4 is 14.8 Å². The molecule has 4 aromatic rings. The summed E-state index contributed by atoms with van der Waals surface area (Å²) < 4.78 is 24.3. The van der Waals surface area contributed by atoms with E-state index in [-0.39, 0.29) is 25.7 Å². The summed E-state index contributed by atoms with van der Waals surface area (Å²) in [7, 11) is 1.52. The van der Waals surface area contributed by atoms with Crippen molar-refractivity contribution in [3.05, 3.63) is 111 Å². The summed E-state index contributed by atoms with van der Waals surface area (Å²) in [6.45, 7) is 11.6. The molecule has 13 heteroatoms. The van der Waals surface area contributed by atoms with Crippen molar-refractivity contribution >= 4 is 28.9 Å². The fraction of sp³-hybridized carbons (Fsp3) is 0.390. The van der Waals surface area contributed by atoms with Crippen molar-refractivity contribution in [3.63, 3.8) is 0 Å². The highest BCUT2D eigenvalue weighted by atomic mass is 35.5. The molecule has 288 valence electrons. The van der Waals surface area contributed by atoms with Crippen LogP contribution in [0.2, 0.25) is 5.02 Å². The molecule has 0 spiro atoms. The lowest BCUT2D eigenvalue weighted by atomic mass is 9.91. The van der Waals surface area contributed by atoms with E-state index in [0.29, 0.717) is 35.2 Å². The van der Waals surface area contributed by atoms with Gasteiger partial charge in [-0.05, 0) is 73.3 Å². The molecule has 3 N–H and O–H groups in total. The summed E-state index contributed by atoms with van der Waals surface area (Å²) in [5, 5.41) is 29.4. The van der Waals surface area contributed by atoms with Crippen LogP contribution in [0.5, 0.6) is 11.5 Å². The SMILES string of the molecule is Cc1c(COc2cc(OCc3cncc(C#N)c3)c(CNC(C)CO)cc2Cl)cccc1-c1cccc(CN(C)CCN2CCS(=O)CC2)c1C.O=CO. The topological polar surface area (TPSA) is 148 Å². The molecule has 1 unspecified atom stereocenters. The Labute approximate surface area is 326 Å². The van der Waals surface area contributed by atoms with Crippen molar-refractivity contribution in [2.24, 2.45) is 0 Å². The molecule has 0 radical (unpaired) electrons. The number of aromatic nitrogens is 1. The quantitative estimate of drug-likeness (QED) is 0.120. The second-order valence-corrected chi connectivity index (χ2v) is 15.4. The standard InChI is InChI=1S/C40H48ClN5O4S.CH2O2/c1-28(25-47)44-23-35-18-38(41)40(19-39(35)49-26-32-17-31(20-42)21-43-22-32)50-27-34-8-6-10-37(30(34)3)36-9-5-7-33(29(36)2)24-45(4)11-12-46-13-15-51(48)16-14-46;2-1-3/h5-10,17-19,21-22,28,44,47H,11-16,23-27H2,1-4H3;1H,(H,2,3). The fourth-order valence-electron chi connectivity index (χ4n) is 6.11. The second-order valence-electron chi connectivity index (χ2n) is 13.3. The number of ether oxygens (including phenoxy) is 2. The van der Waals surface area contributed by atoms with Crippen LogP contribution in [-0.2, 0) is 41.9 Å². The highest BCUT2D eigenvalue weighted by Gasteiger charge is 2.18. The number of benzene rings is 3. The zero-order valence-electron chi connectivity index (χ0n) is 31.4. The zero-order chi connectivity index (χ0) is 39.0. The number of hydrogen-bond donors (Lipinski definition) is 3. The first-order chi connectivity index (χ1) is 26.1. The number of aliphatic hydroxyl groups is 1. The maximum absolute atomic E-state index is 11.7. The first-order valence-corrected chi connectivity index (χ1v) is 19.7. The monoisotopic (exact) mass is 775 g/mol. The second kappa shape index (κ2) is 21.5. The van der Waals surface area contributed by atoms with Crippen LogP contribution in [0.3, 0.4) is 0 Å². The van der Waals surface area contributed by atoms with E-state index in [9.17, 15) is 14.6 Å². The molecule has 1 fully saturated rings. The van der Waals surface area contributed by atoms with Crippen molar-refractivity contribution in [2.45, 2.75) is 53.1 Å². The van der Waals surface area contributed by atoms with E-state index in [4.69, 9.17) is 31.0 Å². The van der Waals surface area contributed by atoms with Gasteiger partial charge in [0.2, 0.25) is 0 Å². The molecule has 1 aliphatic rings. The third kappa shape index (κ3) is 12.3. The van der Waals surface area contributed by atoms with E-state index in [1.54, 1.807) is 18.3 Å². The molecule has 0 bridgehead atoms. The van der Waals surface area contributed by atoms with E-state index < -0.39 is 10.8 Å². The minimum atomic E-state index is -0.652. The summed E-state index contributed by atoms with van der Waals surface area (Å²) >= 11 is 6.77. The van der Waals surface area contributed by atoms with Crippen molar-refractivity contribution < 1.29 is 28.7 Å². The lowest BCUT2D eigenvalue weighted by Crippen LogP contribution is -2.41. The van der Waals surface area contributed by atoms with E-state index >= 15 is 0 Å². The van der Waals surface area contributed by atoms with E-state index in [2.05, 4.69) is 83.5 Å². The van der Waals surface area contributed by atoms with Gasteiger partial charge in [-0.3, -0.25) is 14.0 Å². The van der Waals surface area contributed by atoms with Crippen molar-refractivity contribution in [1.29, 1.82) is 5.26 Å². The number of halogens is 1. The third-order valence-corrected chi connectivity index (χ3v) is 11.0. The summed E-state index contributed by atoms with van der Waals surface area (Å²) in [4.78, 5) is 17.3. The Morgan fingerprint density at radius 2 is 1.67 bits per heavy atom. The number of rotatable bonds is 16. The van der Waals surface area contributed by atoms with E-state index in [1.807, 2.05) is 13.0 Å². The Kier molecular flexibility index (Phi) is 16.9. The number of nitrogens with zero attached hydrogens (tertiary/aromatic N) is 4. The first-order valence-electron chi connectivity index (χ1n) is 17.8. The fourth-order valence-corrected chi connectivity index (χ4v) is 7.48. The normalized spacial score (nSPS) is 13.8. The number of carbonyl (C=O) groups is 1. The number of carboxylic acid groups (broad SMARTS) is 1. The van der Waals surface area contributed by atoms with Crippen LogP contribution in [0.25, 0.3) is 11.1 Å². The van der Waals surface area contributed by atoms with Crippen LogP contribution in [0.15, 0.2) is 67.0 Å². The molecule has 11 nitrogen and oxygen atoms in total. The highest BCUT2D eigenvalue weighted by molar-refractivity contribution is 7.85. The third-order valence-electron chi connectivity index (χ3n) is 9.42. The number of pyridine rings is 1. The number of hydrogen-bond acceptors (Lipinski definition) is 10. The highest BCUT2D eigenvalue weighted by Crippen LogP contribution is 2.35. The Balaban J connectivity index is 0.00000209. The molecule has 54 heavy (non-hydrogen) atoms. The van der Waals surface area contributed by atoms with Gasteiger partial charge in [0, 0.05) is 97.2 Å². The Hall–Kier alpha value is -4.35. The molecule has 0 amide bonds. The Bertz CT molecular complexity index is 1910. The first kappa shape index (κ1) is 42.4. The largest absolute Gasteiger partial charge is 0.488 e. The van der Waals surface area contributed by atoms with Gasteiger partial charge in [0.15, 0.2) is 0 Å². The van der Waals surface area contributed by atoms with Gasteiger partial charge in [-0.2, -0.15) is 5.26 Å². The molecule has 1 atom stereocenters. The van der Waals surface area contributed by atoms with Crippen LogP contribution in [-0.4, -0.2) is 93.1 Å². The van der Waals surface area contributed by atoms with Gasteiger partial charge in [-0.15, -0.1) is 0 Å². The minimum Gasteiger partial charge on any atom is -0.488 e. The van der Waals surface area contributed by atoms with Gasteiger partial charge in [0.05, 0.1) is 17.2 Å². The smallest absolute Gasteiger partial charge is 0.290 e. The van der Waals surface area contributed by atoms with Gasteiger partial charge in [-0.25, -0.2) is 0 Å². The molecule has 1 saturated heterocycles. The molecule has 2 heterocycles. The molecule has 1 aromatic heterocycles. The molecule has 5 rings (SSSR count). The number of likely N-dealkylation sites (N-methyl/N-ethyl adjacent to an activating group) is 1. The minimum absolute atomic E-state index is 0.00148. The van der Waals surface area contributed by atoms with Gasteiger partial charge < -0.3 is 34.8 Å². The van der Waals surface area contributed by atoms with Crippen LogP contribution >= 0.6 is 11.6 Å². The van der Waals surface area contributed by atoms with Crippen LogP contribution in [0.1, 0.15) is 45.9 Å².